The van der Waals surface area contributed by atoms with Gasteiger partial charge in [0.05, 0.1) is 13.2 Å². The molecule has 0 bridgehead atoms. The van der Waals surface area contributed by atoms with Crippen LogP contribution in [0.5, 0.6) is 5.75 Å². The van der Waals surface area contributed by atoms with Gasteiger partial charge in [-0.05, 0) is 55.7 Å². The highest BCUT2D eigenvalue weighted by atomic mass is 35.5. The van der Waals surface area contributed by atoms with Gasteiger partial charge in [0, 0.05) is 23.7 Å². The zero-order chi connectivity index (χ0) is 21.0. The molecule has 0 radical (unpaired) electrons. The average Bonchev–Trinajstić information content (AvgIpc) is 2.74. The van der Waals surface area contributed by atoms with Crippen molar-refractivity contribution in [1.82, 2.24) is 9.62 Å². The molecule has 2 aromatic rings. The van der Waals surface area contributed by atoms with Crippen molar-refractivity contribution in [1.29, 1.82) is 0 Å². The maximum atomic E-state index is 13.1. The molecule has 3 rings (SSSR count). The summed E-state index contributed by atoms with van der Waals surface area (Å²) in [7, 11) is -2.31. The fourth-order valence-corrected chi connectivity index (χ4v) is 5.20. The van der Waals surface area contributed by atoms with E-state index in [-0.39, 0.29) is 28.2 Å². The quantitative estimate of drug-likeness (QED) is 0.742. The minimum atomic E-state index is -3.73. The molecule has 0 unspecified atom stereocenters. The minimum Gasteiger partial charge on any atom is -0.495 e. The van der Waals surface area contributed by atoms with Gasteiger partial charge in [0.2, 0.25) is 10.0 Å². The molecule has 0 saturated carbocycles. The zero-order valence-corrected chi connectivity index (χ0v) is 18.1. The van der Waals surface area contributed by atoms with Crippen molar-refractivity contribution in [2.75, 3.05) is 20.2 Å². The zero-order valence-electron chi connectivity index (χ0n) is 16.5. The van der Waals surface area contributed by atoms with Crippen LogP contribution in [0.3, 0.4) is 0 Å². The lowest BCUT2D eigenvalue weighted by atomic mass is 10.1. The summed E-state index contributed by atoms with van der Waals surface area (Å²) < 4.78 is 33.0. The van der Waals surface area contributed by atoms with E-state index < -0.39 is 10.0 Å². The molecule has 1 amide bonds. The van der Waals surface area contributed by atoms with Gasteiger partial charge in [-0.15, -0.1) is 0 Å². The third kappa shape index (κ3) is 4.91. The van der Waals surface area contributed by atoms with E-state index in [4.69, 9.17) is 16.3 Å². The summed E-state index contributed by atoms with van der Waals surface area (Å²) in [5, 5.41) is 3.52. The summed E-state index contributed by atoms with van der Waals surface area (Å²) in [6.07, 6.45) is 2.69. The normalized spacial score (nSPS) is 16.2. The molecular weight excluding hydrogens is 412 g/mol. The standard InChI is InChI=1S/C21H25ClN2O4S/c1-15(16-6-9-18(22)10-7-16)23-21(25)17-8-11-19(28-2)20(14-17)29(26,27)24-12-4-3-5-13-24/h6-11,14-15H,3-5,12-13H2,1-2H3,(H,23,25)/t15-/m0/s1. The minimum absolute atomic E-state index is 0.0219. The van der Waals surface area contributed by atoms with Crippen molar-refractivity contribution >= 4 is 27.5 Å². The second kappa shape index (κ2) is 9.15. The largest absolute Gasteiger partial charge is 0.495 e. The molecule has 1 N–H and O–H groups in total. The number of amides is 1. The molecule has 1 aliphatic heterocycles. The number of methoxy groups -OCH3 is 1. The van der Waals surface area contributed by atoms with Gasteiger partial charge in [-0.3, -0.25) is 4.79 Å². The summed E-state index contributed by atoms with van der Waals surface area (Å²) in [6, 6.07) is 11.4. The van der Waals surface area contributed by atoms with Gasteiger partial charge in [-0.1, -0.05) is 30.2 Å². The SMILES string of the molecule is COc1ccc(C(=O)N[C@@H](C)c2ccc(Cl)cc2)cc1S(=O)(=O)N1CCCCC1. The highest BCUT2D eigenvalue weighted by Gasteiger charge is 2.29. The van der Waals surface area contributed by atoms with Crippen LogP contribution >= 0.6 is 11.6 Å². The summed E-state index contributed by atoms with van der Waals surface area (Å²) in [5.74, 6) is -0.122. The Balaban J connectivity index is 1.85. The monoisotopic (exact) mass is 436 g/mol. The molecule has 0 aromatic heterocycles. The average molecular weight is 437 g/mol. The van der Waals surface area contributed by atoms with Crippen LogP contribution in [0.25, 0.3) is 0 Å². The first-order valence-electron chi connectivity index (χ1n) is 9.57. The molecule has 2 aromatic carbocycles. The third-order valence-corrected chi connectivity index (χ3v) is 7.25. The third-order valence-electron chi connectivity index (χ3n) is 5.08. The summed E-state index contributed by atoms with van der Waals surface area (Å²) in [5.41, 5.74) is 1.17. The van der Waals surface area contributed by atoms with Crippen LogP contribution in [0.1, 0.15) is 48.1 Å². The fourth-order valence-electron chi connectivity index (χ4n) is 3.38. The number of carbonyl (C=O) groups excluding carboxylic acids is 1. The smallest absolute Gasteiger partial charge is 0.251 e. The lowest BCUT2D eigenvalue weighted by Crippen LogP contribution is -2.36. The number of piperidine rings is 1. The van der Waals surface area contributed by atoms with E-state index in [0.29, 0.717) is 18.1 Å². The first-order valence-corrected chi connectivity index (χ1v) is 11.4. The first kappa shape index (κ1) is 21.6. The number of halogens is 1. The van der Waals surface area contributed by atoms with E-state index >= 15 is 0 Å². The summed E-state index contributed by atoms with van der Waals surface area (Å²) in [4.78, 5) is 12.8. The number of rotatable bonds is 6. The van der Waals surface area contributed by atoms with Crippen LogP contribution in [-0.4, -0.2) is 38.8 Å². The predicted molar refractivity (Wildman–Crippen MR) is 113 cm³/mol. The van der Waals surface area contributed by atoms with Crippen LogP contribution in [0.15, 0.2) is 47.4 Å². The molecule has 0 aliphatic carbocycles. The molecule has 1 saturated heterocycles. The number of benzene rings is 2. The molecular formula is C21H25ClN2O4S. The van der Waals surface area contributed by atoms with Gasteiger partial charge in [-0.25, -0.2) is 8.42 Å². The topological polar surface area (TPSA) is 75.7 Å². The molecule has 29 heavy (non-hydrogen) atoms. The highest BCUT2D eigenvalue weighted by molar-refractivity contribution is 7.89. The number of carbonyl (C=O) groups is 1. The molecule has 8 heteroatoms. The van der Waals surface area contributed by atoms with Gasteiger partial charge < -0.3 is 10.1 Å². The van der Waals surface area contributed by atoms with Gasteiger partial charge in [0.15, 0.2) is 0 Å². The lowest BCUT2D eigenvalue weighted by molar-refractivity contribution is 0.0939. The first-order chi connectivity index (χ1) is 13.8. The van der Waals surface area contributed by atoms with Crippen LogP contribution in [0.4, 0.5) is 0 Å². The Labute approximate surface area is 176 Å². The van der Waals surface area contributed by atoms with Crippen molar-refractivity contribution in [2.45, 2.75) is 37.1 Å². The predicted octanol–water partition coefficient (Wildman–Crippen LogP) is 4.01. The Morgan fingerprint density at radius 2 is 1.76 bits per heavy atom. The number of nitrogens with one attached hydrogen (secondary N) is 1. The Kier molecular flexibility index (Phi) is 6.82. The lowest BCUT2D eigenvalue weighted by Gasteiger charge is -2.26. The van der Waals surface area contributed by atoms with Crippen molar-refractivity contribution in [3.8, 4) is 5.75 Å². The summed E-state index contributed by atoms with van der Waals surface area (Å²) in [6.45, 7) is 2.82. The van der Waals surface area contributed by atoms with Gasteiger partial charge in [-0.2, -0.15) is 4.31 Å². The van der Waals surface area contributed by atoms with Crippen molar-refractivity contribution in [3.05, 3.63) is 58.6 Å². The Bertz CT molecular complexity index is 971. The van der Waals surface area contributed by atoms with Crippen LogP contribution in [-0.2, 0) is 10.0 Å². The van der Waals surface area contributed by atoms with Gasteiger partial charge >= 0.3 is 0 Å². The second-order valence-electron chi connectivity index (χ2n) is 7.08. The van der Waals surface area contributed by atoms with Gasteiger partial charge in [0.25, 0.3) is 5.91 Å². The number of ether oxygens (including phenoxy) is 1. The van der Waals surface area contributed by atoms with Crippen LogP contribution in [0, 0.1) is 0 Å². The summed E-state index contributed by atoms with van der Waals surface area (Å²) >= 11 is 5.91. The van der Waals surface area contributed by atoms with E-state index in [1.54, 1.807) is 18.2 Å². The molecule has 1 heterocycles. The molecule has 1 fully saturated rings. The van der Waals surface area contributed by atoms with E-state index in [1.165, 1.54) is 23.5 Å². The number of sulfonamides is 1. The van der Waals surface area contributed by atoms with Gasteiger partial charge in [0.1, 0.15) is 10.6 Å². The molecule has 0 spiro atoms. The molecule has 156 valence electrons. The Morgan fingerprint density at radius 1 is 1.10 bits per heavy atom. The Hall–Kier alpha value is -2.09. The van der Waals surface area contributed by atoms with Crippen molar-refractivity contribution in [3.63, 3.8) is 0 Å². The van der Waals surface area contributed by atoms with Crippen molar-refractivity contribution < 1.29 is 17.9 Å². The number of hydrogen-bond donors (Lipinski definition) is 1. The van der Waals surface area contributed by atoms with E-state index in [0.717, 1.165) is 24.8 Å². The molecule has 1 aliphatic rings. The maximum Gasteiger partial charge on any atom is 0.251 e. The molecule has 6 nitrogen and oxygen atoms in total. The maximum absolute atomic E-state index is 13.1. The highest BCUT2D eigenvalue weighted by Crippen LogP contribution is 2.30. The second-order valence-corrected chi connectivity index (χ2v) is 9.42. The Morgan fingerprint density at radius 3 is 2.38 bits per heavy atom. The number of nitrogens with zero attached hydrogens (tertiary/aromatic N) is 1. The fraction of sp³-hybridized carbons (Fsp3) is 0.381. The van der Waals surface area contributed by atoms with Crippen LogP contribution in [0.2, 0.25) is 5.02 Å². The van der Waals surface area contributed by atoms with Crippen molar-refractivity contribution in [2.24, 2.45) is 0 Å². The van der Waals surface area contributed by atoms with E-state index in [2.05, 4.69) is 5.32 Å². The van der Waals surface area contributed by atoms with Crippen LogP contribution < -0.4 is 10.1 Å². The number of hydrogen-bond acceptors (Lipinski definition) is 4. The van der Waals surface area contributed by atoms with E-state index in [9.17, 15) is 13.2 Å². The molecule has 1 atom stereocenters. The van der Waals surface area contributed by atoms with E-state index in [1.807, 2.05) is 19.1 Å².